The molecular formula is C23H31N5O3. The number of nitrogens with zero attached hydrogens (tertiary/aromatic N) is 3. The fourth-order valence-electron chi connectivity index (χ4n) is 3.65. The van der Waals surface area contributed by atoms with Gasteiger partial charge in [-0.05, 0) is 30.9 Å². The number of anilines is 1. The summed E-state index contributed by atoms with van der Waals surface area (Å²) in [5.74, 6) is 0.798. The van der Waals surface area contributed by atoms with Crippen molar-refractivity contribution in [2.75, 3.05) is 5.32 Å². The minimum Gasteiger partial charge on any atom is -0.326 e. The van der Waals surface area contributed by atoms with Crippen LogP contribution >= 0.6 is 0 Å². The summed E-state index contributed by atoms with van der Waals surface area (Å²) in [5.41, 5.74) is 1.71. The van der Waals surface area contributed by atoms with E-state index in [9.17, 15) is 14.4 Å². The molecule has 0 saturated carbocycles. The summed E-state index contributed by atoms with van der Waals surface area (Å²) in [4.78, 5) is 44.7. The van der Waals surface area contributed by atoms with Crippen LogP contribution in [0.25, 0.3) is 11.2 Å². The number of H-pyrrole nitrogens is 1. The second-order valence-corrected chi connectivity index (χ2v) is 8.33. The number of fused-ring (bicyclic) bond motifs is 1. The predicted octanol–water partition coefficient (Wildman–Crippen LogP) is 3.22. The Morgan fingerprint density at radius 1 is 1.19 bits per heavy atom. The van der Waals surface area contributed by atoms with Gasteiger partial charge in [-0.15, -0.1) is 0 Å². The highest BCUT2D eigenvalue weighted by molar-refractivity contribution is 5.91. The third kappa shape index (κ3) is 5.13. The molecule has 0 radical (unpaired) electrons. The molecule has 8 heteroatoms. The van der Waals surface area contributed by atoms with Gasteiger partial charge in [0.2, 0.25) is 5.91 Å². The molecule has 31 heavy (non-hydrogen) atoms. The van der Waals surface area contributed by atoms with Crippen LogP contribution < -0.4 is 16.6 Å². The number of benzene rings is 1. The summed E-state index contributed by atoms with van der Waals surface area (Å²) in [6, 6.07) is 7.62. The van der Waals surface area contributed by atoms with Crippen LogP contribution in [-0.2, 0) is 24.3 Å². The largest absolute Gasteiger partial charge is 0.330 e. The van der Waals surface area contributed by atoms with Crippen LogP contribution in [0, 0.1) is 12.8 Å². The monoisotopic (exact) mass is 425 g/mol. The number of hydrogen-bond donors (Lipinski definition) is 2. The molecule has 2 N–H and O–H groups in total. The average Bonchev–Trinajstić information content (AvgIpc) is 3.06. The Balaban J connectivity index is 1.94. The maximum absolute atomic E-state index is 12.6. The number of rotatable bonds is 9. The Bertz CT molecular complexity index is 1190. The number of unbranched alkanes of at least 4 members (excludes halogenated alkanes) is 1. The third-order valence-electron chi connectivity index (χ3n) is 5.24. The van der Waals surface area contributed by atoms with Gasteiger partial charge < -0.3 is 9.88 Å². The lowest BCUT2D eigenvalue weighted by atomic mass is 10.2. The van der Waals surface area contributed by atoms with Gasteiger partial charge >= 0.3 is 5.69 Å². The van der Waals surface area contributed by atoms with Crippen molar-refractivity contribution in [3.63, 3.8) is 0 Å². The lowest BCUT2D eigenvalue weighted by Crippen LogP contribution is -2.31. The number of aromatic nitrogens is 4. The summed E-state index contributed by atoms with van der Waals surface area (Å²) in [6.45, 7) is 9.18. The lowest BCUT2D eigenvalue weighted by molar-refractivity contribution is -0.116. The molecule has 0 unspecified atom stereocenters. The van der Waals surface area contributed by atoms with Crippen LogP contribution in [-0.4, -0.2) is 25.0 Å². The first-order valence-electron chi connectivity index (χ1n) is 10.9. The van der Waals surface area contributed by atoms with E-state index in [2.05, 4.69) is 29.1 Å². The van der Waals surface area contributed by atoms with Gasteiger partial charge in [0, 0.05) is 31.6 Å². The topological polar surface area (TPSA) is 102 Å². The van der Waals surface area contributed by atoms with Gasteiger partial charge in [-0.1, -0.05) is 45.4 Å². The minimum absolute atomic E-state index is 0.116. The van der Waals surface area contributed by atoms with Crippen molar-refractivity contribution in [3.8, 4) is 0 Å². The van der Waals surface area contributed by atoms with Crippen molar-refractivity contribution in [1.82, 2.24) is 19.1 Å². The SMILES string of the molecule is CCCCn1c(=O)[nH]c(=O)c2c1nc(CCC(=O)Nc1ccccc1C)n2CC(C)C. The van der Waals surface area contributed by atoms with Crippen LogP contribution in [0.4, 0.5) is 5.69 Å². The second kappa shape index (κ2) is 9.76. The summed E-state index contributed by atoms with van der Waals surface area (Å²) in [6.07, 6.45) is 2.34. The number of amides is 1. The summed E-state index contributed by atoms with van der Waals surface area (Å²) in [5, 5.41) is 2.94. The number of carbonyl (C=O) groups is 1. The van der Waals surface area contributed by atoms with Crippen LogP contribution in [0.1, 0.15) is 51.4 Å². The van der Waals surface area contributed by atoms with Crippen molar-refractivity contribution < 1.29 is 4.79 Å². The molecule has 166 valence electrons. The van der Waals surface area contributed by atoms with Gasteiger partial charge in [-0.2, -0.15) is 0 Å². The summed E-state index contributed by atoms with van der Waals surface area (Å²) >= 11 is 0. The molecular weight excluding hydrogens is 394 g/mol. The van der Waals surface area contributed by atoms with Crippen molar-refractivity contribution in [2.24, 2.45) is 5.92 Å². The number of imidazole rings is 1. The molecule has 0 fully saturated rings. The van der Waals surface area contributed by atoms with Crippen LogP contribution in [0.2, 0.25) is 0 Å². The number of carbonyl (C=O) groups excluding carboxylic acids is 1. The molecule has 0 bridgehead atoms. The van der Waals surface area contributed by atoms with E-state index < -0.39 is 11.2 Å². The Morgan fingerprint density at radius 3 is 2.61 bits per heavy atom. The molecule has 0 aliphatic carbocycles. The zero-order valence-corrected chi connectivity index (χ0v) is 18.7. The van der Waals surface area contributed by atoms with E-state index in [-0.39, 0.29) is 18.2 Å². The standard InChI is InChI=1S/C23H31N5O3/c1-5-6-13-27-21-20(22(30)26-23(27)31)28(14-15(2)3)18(25-21)11-12-19(29)24-17-10-8-7-9-16(17)4/h7-10,15H,5-6,11-14H2,1-4H3,(H,24,29)(H,26,30,31). The maximum Gasteiger partial charge on any atom is 0.330 e. The highest BCUT2D eigenvalue weighted by Crippen LogP contribution is 2.17. The number of aromatic amines is 1. The molecule has 0 saturated heterocycles. The smallest absolute Gasteiger partial charge is 0.326 e. The van der Waals surface area contributed by atoms with E-state index in [1.54, 1.807) is 0 Å². The van der Waals surface area contributed by atoms with E-state index in [4.69, 9.17) is 0 Å². The van der Waals surface area contributed by atoms with E-state index in [0.717, 1.165) is 24.1 Å². The summed E-state index contributed by atoms with van der Waals surface area (Å²) in [7, 11) is 0. The molecule has 0 aliphatic heterocycles. The van der Waals surface area contributed by atoms with Gasteiger partial charge in [0.15, 0.2) is 11.2 Å². The predicted molar refractivity (Wildman–Crippen MR) is 122 cm³/mol. The van der Waals surface area contributed by atoms with Gasteiger partial charge in [0.05, 0.1) is 0 Å². The van der Waals surface area contributed by atoms with Gasteiger partial charge in [0.25, 0.3) is 5.56 Å². The van der Waals surface area contributed by atoms with Crippen molar-refractivity contribution in [2.45, 2.75) is 66.5 Å². The van der Waals surface area contributed by atoms with Crippen LogP contribution in [0.3, 0.4) is 0 Å². The van der Waals surface area contributed by atoms with E-state index in [1.165, 1.54) is 4.57 Å². The minimum atomic E-state index is -0.441. The van der Waals surface area contributed by atoms with E-state index in [1.807, 2.05) is 42.7 Å². The number of aryl methyl sites for hydroxylation is 3. The van der Waals surface area contributed by atoms with Crippen LogP contribution in [0.5, 0.6) is 0 Å². The third-order valence-corrected chi connectivity index (χ3v) is 5.24. The summed E-state index contributed by atoms with van der Waals surface area (Å²) < 4.78 is 3.40. The van der Waals surface area contributed by atoms with Gasteiger partial charge in [-0.3, -0.25) is 19.1 Å². The average molecular weight is 426 g/mol. The molecule has 8 nitrogen and oxygen atoms in total. The molecule has 3 rings (SSSR count). The van der Waals surface area contributed by atoms with Gasteiger partial charge in [-0.25, -0.2) is 9.78 Å². The van der Waals surface area contributed by atoms with E-state index >= 15 is 0 Å². The first-order chi connectivity index (χ1) is 14.8. The van der Waals surface area contributed by atoms with Crippen molar-refractivity contribution in [1.29, 1.82) is 0 Å². The lowest BCUT2D eigenvalue weighted by Gasteiger charge is -2.12. The highest BCUT2D eigenvalue weighted by Gasteiger charge is 2.19. The Morgan fingerprint density at radius 2 is 1.94 bits per heavy atom. The number of hydrogen-bond acceptors (Lipinski definition) is 4. The zero-order valence-electron chi connectivity index (χ0n) is 18.7. The molecule has 2 heterocycles. The maximum atomic E-state index is 12.6. The quantitative estimate of drug-likeness (QED) is 0.549. The molecule has 1 amide bonds. The van der Waals surface area contributed by atoms with E-state index in [0.29, 0.717) is 36.5 Å². The molecule has 1 aromatic carbocycles. The fourth-order valence-corrected chi connectivity index (χ4v) is 3.65. The number of para-hydroxylation sites is 1. The Hall–Kier alpha value is -3.16. The highest BCUT2D eigenvalue weighted by atomic mass is 16.2. The first kappa shape index (κ1) is 22.5. The molecule has 3 aromatic rings. The van der Waals surface area contributed by atoms with Crippen LogP contribution in [0.15, 0.2) is 33.9 Å². The molecule has 0 aliphatic rings. The fraction of sp³-hybridized carbons (Fsp3) is 0.478. The normalized spacial score (nSPS) is 11.4. The first-order valence-corrected chi connectivity index (χ1v) is 10.9. The molecule has 0 atom stereocenters. The number of nitrogens with one attached hydrogen (secondary N) is 2. The Kier molecular flexibility index (Phi) is 7.09. The second-order valence-electron chi connectivity index (χ2n) is 8.33. The van der Waals surface area contributed by atoms with Crippen molar-refractivity contribution >= 4 is 22.8 Å². The Labute approximate surface area is 181 Å². The molecule has 0 spiro atoms. The van der Waals surface area contributed by atoms with Gasteiger partial charge in [0.1, 0.15) is 5.82 Å². The molecule has 2 aromatic heterocycles. The van der Waals surface area contributed by atoms with Crippen molar-refractivity contribution in [3.05, 3.63) is 56.5 Å². The zero-order chi connectivity index (χ0) is 22.5.